The van der Waals surface area contributed by atoms with Crippen LogP contribution in [0, 0.1) is 6.92 Å². The quantitative estimate of drug-likeness (QED) is 0.649. The molecule has 164 valence electrons. The maximum Gasteiger partial charge on any atom is 0.303 e. The summed E-state index contributed by atoms with van der Waals surface area (Å²) in [5, 5.41) is 2.69. The van der Waals surface area contributed by atoms with Crippen molar-refractivity contribution in [3.8, 4) is 11.3 Å². The van der Waals surface area contributed by atoms with Gasteiger partial charge in [-0.1, -0.05) is 0 Å². The average Bonchev–Trinajstić information content (AvgIpc) is 3.44. The van der Waals surface area contributed by atoms with Gasteiger partial charge in [0, 0.05) is 67.2 Å². The first-order valence-electron chi connectivity index (χ1n) is 10.4. The minimum atomic E-state index is -3.21. The van der Waals surface area contributed by atoms with Gasteiger partial charge in [0.25, 0.3) is 0 Å². The van der Waals surface area contributed by atoms with Crippen LogP contribution in [0.25, 0.3) is 11.3 Å². The third-order valence-electron chi connectivity index (χ3n) is 5.95. The standard InChI is InChI=1S/C23H22F2N6O/c1-13-4-5-15(10-26-13)17-8-20(30-21(29-17)22(3,24)25)31-12-23(6-7-23)16-11-27-19(9-18(16)31)28-14(2)32/h4-5,8-11H,6-7,12H2,1-3H3,(H,27,28,32). The number of rotatable bonds is 4. The zero-order valence-electron chi connectivity index (χ0n) is 18.0. The second kappa shape index (κ2) is 7.01. The lowest BCUT2D eigenvalue weighted by molar-refractivity contribution is -0.114. The lowest BCUT2D eigenvalue weighted by atomic mass is 10.0. The second-order valence-corrected chi connectivity index (χ2v) is 8.65. The Bertz CT molecular complexity index is 1220. The zero-order chi connectivity index (χ0) is 22.7. The molecular formula is C23H22F2N6O. The number of aromatic nitrogens is 4. The van der Waals surface area contributed by atoms with E-state index in [0.29, 0.717) is 29.4 Å². The van der Waals surface area contributed by atoms with Crippen LogP contribution in [0.2, 0.25) is 0 Å². The van der Waals surface area contributed by atoms with E-state index >= 15 is 0 Å². The van der Waals surface area contributed by atoms with Crippen LogP contribution in [0.1, 0.15) is 43.8 Å². The van der Waals surface area contributed by atoms with Gasteiger partial charge in [-0.05, 0) is 31.9 Å². The predicted molar refractivity (Wildman–Crippen MR) is 116 cm³/mol. The highest BCUT2D eigenvalue weighted by molar-refractivity contribution is 5.89. The molecule has 1 amide bonds. The van der Waals surface area contributed by atoms with E-state index < -0.39 is 11.7 Å². The van der Waals surface area contributed by atoms with Crippen molar-refractivity contribution >= 4 is 23.2 Å². The van der Waals surface area contributed by atoms with Gasteiger partial charge in [-0.3, -0.25) is 9.78 Å². The van der Waals surface area contributed by atoms with Crippen LogP contribution in [-0.2, 0) is 16.1 Å². The zero-order valence-corrected chi connectivity index (χ0v) is 18.0. The van der Waals surface area contributed by atoms with Gasteiger partial charge in [0.1, 0.15) is 11.6 Å². The molecule has 0 atom stereocenters. The molecule has 5 rings (SSSR count). The number of carbonyl (C=O) groups excluding carboxylic acids is 1. The molecule has 7 nitrogen and oxygen atoms in total. The minimum Gasteiger partial charge on any atom is -0.325 e. The number of anilines is 3. The summed E-state index contributed by atoms with van der Waals surface area (Å²) in [7, 11) is 0. The van der Waals surface area contributed by atoms with E-state index in [4.69, 9.17) is 0 Å². The van der Waals surface area contributed by atoms with E-state index in [1.165, 1.54) is 6.92 Å². The number of hydrogen-bond donors (Lipinski definition) is 1. The third kappa shape index (κ3) is 3.57. The summed E-state index contributed by atoms with van der Waals surface area (Å²) in [5.74, 6) is -3.18. The van der Waals surface area contributed by atoms with Gasteiger partial charge >= 0.3 is 5.92 Å². The van der Waals surface area contributed by atoms with Crippen molar-refractivity contribution < 1.29 is 13.6 Å². The van der Waals surface area contributed by atoms with Crippen molar-refractivity contribution in [1.29, 1.82) is 0 Å². The summed E-state index contributed by atoms with van der Waals surface area (Å²) < 4.78 is 28.7. The summed E-state index contributed by atoms with van der Waals surface area (Å²) in [6.07, 6.45) is 5.38. The van der Waals surface area contributed by atoms with Crippen LogP contribution >= 0.6 is 0 Å². The number of alkyl halides is 2. The smallest absolute Gasteiger partial charge is 0.303 e. The SMILES string of the molecule is CC(=O)Nc1cc2c(cn1)C1(CC1)CN2c1cc(-c2ccc(C)nc2)nc(C(C)(F)F)n1. The highest BCUT2D eigenvalue weighted by Crippen LogP contribution is 2.58. The molecule has 0 aromatic carbocycles. The summed E-state index contributed by atoms with van der Waals surface area (Å²) in [4.78, 5) is 30.5. The Morgan fingerprint density at radius 1 is 1.16 bits per heavy atom. The topological polar surface area (TPSA) is 83.9 Å². The Morgan fingerprint density at radius 2 is 1.94 bits per heavy atom. The van der Waals surface area contributed by atoms with Gasteiger partial charge in [0.15, 0.2) is 0 Å². The van der Waals surface area contributed by atoms with Gasteiger partial charge in [0.2, 0.25) is 11.7 Å². The van der Waals surface area contributed by atoms with Crippen molar-refractivity contribution in [2.45, 2.75) is 45.0 Å². The molecule has 0 bridgehead atoms. The molecular weight excluding hydrogens is 414 g/mol. The molecule has 3 aromatic heterocycles. The summed E-state index contributed by atoms with van der Waals surface area (Å²) in [6, 6.07) is 7.12. The Hall–Kier alpha value is -3.49. The second-order valence-electron chi connectivity index (χ2n) is 8.65. The van der Waals surface area contributed by atoms with Crippen LogP contribution in [0.5, 0.6) is 0 Å². The molecule has 2 aliphatic rings. The number of hydrogen-bond acceptors (Lipinski definition) is 6. The van der Waals surface area contributed by atoms with Gasteiger partial charge in [-0.2, -0.15) is 8.78 Å². The summed E-state index contributed by atoms with van der Waals surface area (Å²) >= 11 is 0. The molecule has 0 saturated heterocycles. The molecule has 1 fully saturated rings. The first kappa shape index (κ1) is 20.4. The highest BCUT2D eigenvalue weighted by atomic mass is 19.3. The Labute approximate surface area is 183 Å². The van der Waals surface area contributed by atoms with Crippen LogP contribution in [-0.4, -0.2) is 32.4 Å². The Kier molecular flexibility index (Phi) is 4.47. The number of fused-ring (bicyclic) bond motifs is 2. The molecule has 1 aliphatic carbocycles. The average molecular weight is 436 g/mol. The fraction of sp³-hybridized carbons (Fsp3) is 0.348. The van der Waals surface area contributed by atoms with Gasteiger partial charge in [0.05, 0.1) is 11.4 Å². The summed E-state index contributed by atoms with van der Waals surface area (Å²) in [5.41, 5.74) is 3.66. The van der Waals surface area contributed by atoms with Crippen LogP contribution in [0.15, 0.2) is 36.7 Å². The fourth-order valence-electron chi connectivity index (χ4n) is 4.12. The highest BCUT2D eigenvalue weighted by Gasteiger charge is 2.52. The molecule has 1 aliphatic heterocycles. The van der Waals surface area contributed by atoms with Crippen LogP contribution in [0.4, 0.5) is 26.1 Å². The lowest BCUT2D eigenvalue weighted by Gasteiger charge is -2.22. The number of carbonyl (C=O) groups is 1. The number of nitrogens with one attached hydrogen (secondary N) is 1. The number of amides is 1. The van der Waals surface area contributed by atoms with E-state index in [1.807, 2.05) is 24.0 Å². The van der Waals surface area contributed by atoms with Crippen molar-refractivity contribution in [3.05, 3.63) is 53.7 Å². The van der Waals surface area contributed by atoms with Gasteiger partial charge in [-0.25, -0.2) is 15.0 Å². The molecule has 32 heavy (non-hydrogen) atoms. The minimum absolute atomic E-state index is 0.0531. The molecule has 0 radical (unpaired) electrons. The van der Waals surface area contributed by atoms with Crippen molar-refractivity contribution in [2.75, 3.05) is 16.8 Å². The van der Waals surface area contributed by atoms with E-state index in [-0.39, 0.29) is 11.3 Å². The number of aryl methyl sites for hydroxylation is 1. The normalized spacial score (nSPS) is 16.2. The van der Waals surface area contributed by atoms with Crippen LogP contribution in [0.3, 0.4) is 0 Å². The first-order valence-corrected chi connectivity index (χ1v) is 10.4. The van der Waals surface area contributed by atoms with Crippen molar-refractivity contribution in [2.24, 2.45) is 0 Å². The maximum atomic E-state index is 14.3. The fourth-order valence-corrected chi connectivity index (χ4v) is 4.12. The lowest BCUT2D eigenvalue weighted by Crippen LogP contribution is -2.23. The number of nitrogens with zero attached hydrogens (tertiary/aromatic N) is 5. The van der Waals surface area contributed by atoms with E-state index in [9.17, 15) is 13.6 Å². The Morgan fingerprint density at radius 3 is 2.56 bits per heavy atom. The molecule has 1 saturated carbocycles. The largest absolute Gasteiger partial charge is 0.325 e. The predicted octanol–water partition coefficient (Wildman–Crippen LogP) is 4.50. The van der Waals surface area contributed by atoms with Gasteiger partial charge < -0.3 is 10.2 Å². The maximum absolute atomic E-state index is 14.3. The van der Waals surface area contributed by atoms with Gasteiger partial charge in [-0.15, -0.1) is 0 Å². The first-order chi connectivity index (χ1) is 15.1. The third-order valence-corrected chi connectivity index (χ3v) is 5.95. The molecule has 9 heteroatoms. The molecule has 0 unspecified atom stereocenters. The van der Waals surface area contributed by atoms with Crippen LogP contribution < -0.4 is 10.2 Å². The van der Waals surface area contributed by atoms with Crippen molar-refractivity contribution in [1.82, 2.24) is 19.9 Å². The monoisotopic (exact) mass is 436 g/mol. The van der Waals surface area contributed by atoms with Crippen molar-refractivity contribution in [3.63, 3.8) is 0 Å². The van der Waals surface area contributed by atoms with E-state index in [2.05, 4.69) is 25.3 Å². The number of pyridine rings is 2. The molecule has 4 heterocycles. The molecule has 1 N–H and O–H groups in total. The van der Waals surface area contributed by atoms with E-state index in [0.717, 1.165) is 36.7 Å². The molecule has 1 spiro atoms. The summed E-state index contributed by atoms with van der Waals surface area (Å²) in [6.45, 7) is 4.68. The van der Waals surface area contributed by atoms with E-state index in [1.54, 1.807) is 24.5 Å². The number of halogens is 2. The Balaban J connectivity index is 1.64. The molecule has 3 aromatic rings.